The molecule has 4 heterocycles. The van der Waals surface area contributed by atoms with Crippen molar-refractivity contribution in [3.05, 3.63) is 23.0 Å². The average Bonchev–Trinajstić information content (AvgIpc) is 3.10. The maximum Gasteiger partial charge on any atom is 0.278 e. The number of hydrogen-bond donors (Lipinski definition) is 1. The molecule has 2 fully saturated rings. The van der Waals surface area contributed by atoms with Crippen LogP contribution in [0.2, 0.25) is 0 Å². The van der Waals surface area contributed by atoms with Gasteiger partial charge in [0.2, 0.25) is 0 Å². The lowest BCUT2D eigenvalue weighted by Crippen LogP contribution is -2.30. The van der Waals surface area contributed by atoms with Crippen molar-refractivity contribution in [2.24, 2.45) is 0 Å². The van der Waals surface area contributed by atoms with E-state index in [4.69, 9.17) is 14.2 Å². The zero-order valence-corrected chi connectivity index (χ0v) is 14.2. The Hall–Kier alpha value is -1.04. The van der Waals surface area contributed by atoms with Crippen molar-refractivity contribution in [1.82, 2.24) is 19.5 Å². The number of aromatic nitrogens is 4. The van der Waals surface area contributed by atoms with E-state index in [0.717, 1.165) is 4.43 Å². The minimum Gasteiger partial charge on any atom is -0.348 e. The molecule has 0 saturated carbocycles. The van der Waals surface area contributed by atoms with Crippen molar-refractivity contribution in [2.75, 3.05) is 4.43 Å². The van der Waals surface area contributed by atoms with E-state index in [2.05, 4.69) is 37.5 Å². The van der Waals surface area contributed by atoms with Crippen LogP contribution in [0.25, 0.3) is 11.2 Å². The summed E-state index contributed by atoms with van der Waals surface area (Å²) >= 11 is 2.27. The summed E-state index contributed by atoms with van der Waals surface area (Å²) in [6.45, 7) is 3.78. The molecule has 4 atom stereocenters. The zero-order chi connectivity index (χ0) is 15.5. The quantitative estimate of drug-likeness (QED) is 0.578. The lowest BCUT2D eigenvalue weighted by atomic mass is 10.1. The third kappa shape index (κ3) is 2.10. The predicted molar refractivity (Wildman–Crippen MR) is 84.8 cm³/mol. The lowest BCUT2D eigenvalue weighted by molar-refractivity contribution is -0.193. The maximum atomic E-state index is 11.8. The van der Waals surface area contributed by atoms with E-state index in [1.54, 1.807) is 10.9 Å². The molecule has 0 aromatic carbocycles. The van der Waals surface area contributed by atoms with Crippen molar-refractivity contribution in [3.63, 3.8) is 0 Å². The Morgan fingerprint density at radius 2 is 2.14 bits per heavy atom. The van der Waals surface area contributed by atoms with Gasteiger partial charge in [0.1, 0.15) is 12.2 Å². The highest BCUT2D eigenvalue weighted by atomic mass is 127. The standard InChI is InChI=1S/C13H15IN4O4/c1-13(2)21-8-6(3-14)20-12(9(8)22-13)18-5-17-7-10(18)15-4-16-11(7)19/h4-6,8-9,12H,3H2,1-2H3,(H,15,16,19). The second-order valence-corrected chi connectivity index (χ2v) is 6.72. The number of ether oxygens (including phenoxy) is 3. The number of fused-ring (bicyclic) bond motifs is 2. The van der Waals surface area contributed by atoms with Gasteiger partial charge in [0.05, 0.1) is 18.8 Å². The van der Waals surface area contributed by atoms with Crippen LogP contribution < -0.4 is 5.56 Å². The van der Waals surface area contributed by atoms with E-state index >= 15 is 0 Å². The van der Waals surface area contributed by atoms with Crippen LogP contribution in [0, 0.1) is 0 Å². The van der Waals surface area contributed by atoms with Gasteiger partial charge in [-0.05, 0) is 13.8 Å². The highest BCUT2D eigenvalue weighted by Crippen LogP contribution is 2.43. The zero-order valence-electron chi connectivity index (χ0n) is 12.0. The number of aromatic amines is 1. The SMILES string of the molecule is CC1(C)OC2C(CI)OC(n3cnc4c(=O)[nH]cnc43)C2O1. The number of nitrogens with zero attached hydrogens (tertiary/aromatic N) is 3. The van der Waals surface area contributed by atoms with Crippen LogP contribution in [0.5, 0.6) is 0 Å². The number of nitrogens with one attached hydrogen (secondary N) is 1. The molecule has 2 aliphatic rings. The van der Waals surface area contributed by atoms with Gasteiger partial charge in [-0.2, -0.15) is 0 Å². The van der Waals surface area contributed by atoms with Crippen molar-refractivity contribution in [1.29, 1.82) is 0 Å². The highest BCUT2D eigenvalue weighted by molar-refractivity contribution is 14.1. The first-order chi connectivity index (χ1) is 10.5. The summed E-state index contributed by atoms with van der Waals surface area (Å²) < 4.78 is 20.6. The van der Waals surface area contributed by atoms with Crippen LogP contribution >= 0.6 is 22.6 Å². The van der Waals surface area contributed by atoms with Crippen LogP contribution in [0.3, 0.4) is 0 Å². The molecule has 0 spiro atoms. The van der Waals surface area contributed by atoms with Gasteiger partial charge in [0.15, 0.2) is 23.2 Å². The number of H-pyrrole nitrogens is 1. The molecular weight excluding hydrogens is 403 g/mol. The first-order valence-electron chi connectivity index (χ1n) is 6.97. The Bertz CT molecular complexity index is 773. The summed E-state index contributed by atoms with van der Waals surface area (Å²) in [5.74, 6) is -0.650. The molecule has 0 radical (unpaired) electrons. The molecule has 2 aliphatic heterocycles. The Balaban J connectivity index is 1.78. The molecule has 4 unspecified atom stereocenters. The topological polar surface area (TPSA) is 91.3 Å². The molecular formula is C13H15IN4O4. The van der Waals surface area contributed by atoms with Gasteiger partial charge in [-0.25, -0.2) is 9.97 Å². The molecule has 22 heavy (non-hydrogen) atoms. The molecule has 8 nitrogen and oxygen atoms in total. The van der Waals surface area contributed by atoms with E-state index in [-0.39, 0.29) is 23.9 Å². The van der Waals surface area contributed by atoms with Gasteiger partial charge >= 0.3 is 0 Å². The first-order valence-corrected chi connectivity index (χ1v) is 8.50. The molecule has 0 aliphatic carbocycles. The van der Waals surface area contributed by atoms with Gasteiger partial charge in [0, 0.05) is 4.43 Å². The third-order valence-electron chi connectivity index (χ3n) is 3.92. The van der Waals surface area contributed by atoms with Crippen molar-refractivity contribution >= 4 is 33.8 Å². The molecule has 0 bridgehead atoms. The Kier molecular flexibility index (Phi) is 3.29. The molecule has 1 N–H and O–H groups in total. The van der Waals surface area contributed by atoms with Crippen LogP contribution in [-0.2, 0) is 14.2 Å². The minimum absolute atomic E-state index is 0.0724. The summed E-state index contributed by atoms with van der Waals surface area (Å²) in [5.41, 5.74) is 0.501. The monoisotopic (exact) mass is 418 g/mol. The van der Waals surface area contributed by atoms with E-state index in [1.807, 2.05) is 13.8 Å². The smallest absolute Gasteiger partial charge is 0.278 e. The van der Waals surface area contributed by atoms with Crippen LogP contribution in [0.15, 0.2) is 17.4 Å². The second-order valence-electron chi connectivity index (χ2n) is 5.84. The summed E-state index contributed by atoms with van der Waals surface area (Å²) in [5, 5.41) is 0. The van der Waals surface area contributed by atoms with Crippen molar-refractivity contribution in [3.8, 4) is 0 Å². The van der Waals surface area contributed by atoms with Crippen LogP contribution in [0.1, 0.15) is 20.1 Å². The average molecular weight is 418 g/mol. The fourth-order valence-corrected chi connectivity index (χ4v) is 3.77. The van der Waals surface area contributed by atoms with Crippen LogP contribution in [-0.4, -0.2) is 48.0 Å². The van der Waals surface area contributed by atoms with Crippen molar-refractivity contribution < 1.29 is 14.2 Å². The Morgan fingerprint density at radius 3 is 2.91 bits per heavy atom. The van der Waals surface area contributed by atoms with Gasteiger partial charge in [-0.3, -0.25) is 9.36 Å². The molecule has 0 amide bonds. The van der Waals surface area contributed by atoms with E-state index in [0.29, 0.717) is 11.2 Å². The molecule has 2 saturated heterocycles. The van der Waals surface area contributed by atoms with E-state index < -0.39 is 12.0 Å². The first kappa shape index (κ1) is 14.5. The Morgan fingerprint density at radius 1 is 1.36 bits per heavy atom. The Labute approximate surface area is 139 Å². The van der Waals surface area contributed by atoms with Crippen LogP contribution in [0.4, 0.5) is 0 Å². The molecule has 2 aromatic heterocycles. The van der Waals surface area contributed by atoms with E-state index in [1.165, 1.54) is 6.33 Å². The number of hydrogen-bond acceptors (Lipinski definition) is 6. The number of imidazole rings is 1. The number of halogens is 1. The van der Waals surface area contributed by atoms with E-state index in [9.17, 15) is 4.79 Å². The maximum absolute atomic E-state index is 11.8. The summed E-state index contributed by atoms with van der Waals surface area (Å²) in [6.07, 6.45) is 2.05. The second kappa shape index (κ2) is 4.98. The summed E-state index contributed by atoms with van der Waals surface area (Å²) in [7, 11) is 0. The largest absolute Gasteiger partial charge is 0.348 e. The summed E-state index contributed by atoms with van der Waals surface area (Å²) in [4.78, 5) is 22.7. The van der Waals surface area contributed by atoms with Gasteiger partial charge in [-0.1, -0.05) is 22.6 Å². The fraction of sp³-hybridized carbons (Fsp3) is 0.615. The molecule has 9 heteroatoms. The minimum atomic E-state index is -0.650. The third-order valence-corrected chi connectivity index (χ3v) is 4.78. The van der Waals surface area contributed by atoms with Crippen molar-refractivity contribution in [2.45, 2.75) is 44.2 Å². The molecule has 118 valence electrons. The fourth-order valence-electron chi connectivity index (χ4n) is 3.06. The lowest BCUT2D eigenvalue weighted by Gasteiger charge is -2.24. The molecule has 4 rings (SSSR count). The summed E-state index contributed by atoms with van der Waals surface area (Å²) in [6, 6.07) is 0. The van der Waals surface area contributed by atoms with Gasteiger partial charge in [-0.15, -0.1) is 0 Å². The predicted octanol–water partition coefficient (Wildman–Crippen LogP) is 0.972. The highest BCUT2D eigenvalue weighted by Gasteiger charge is 2.55. The number of rotatable bonds is 2. The van der Waals surface area contributed by atoms with Gasteiger partial charge < -0.3 is 19.2 Å². The number of alkyl halides is 1. The van der Waals surface area contributed by atoms with Gasteiger partial charge in [0.25, 0.3) is 5.56 Å². The normalized spacial score (nSPS) is 33.4. The molecule has 2 aromatic rings.